The van der Waals surface area contributed by atoms with E-state index in [2.05, 4.69) is 5.32 Å². The highest BCUT2D eigenvalue weighted by molar-refractivity contribution is 6.09. The molecule has 6 heteroatoms. The van der Waals surface area contributed by atoms with Crippen molar-refractivity contribution in [3.05, 3.63) is 35.9 Å². The van der Waals surface area contributed by atoms with Crippen molar-refractivity contribution in [3.63, 3.8) is 0 Å². The number of hydrogen-bond donors (Lipinski definition) is 1. The maximum absolute atomic E-state index is 12.9. The standard InChI is InChI=1S/C19H25N3O3/c1-3-11-21(12-14-9-10-14)16(23)13-22-17(24)19(2,20-18(22)25)15-7-5-4-6-8-15/h4-8,14H,3,9-13H2,1-2H3,(H,20,25)/t19-/m1/s1. The molecule has 1 saturated carbocycles. The van der Waals surface area contributed by atoms with Gasteiger partial charge in [-0.3, -0.25) is 14.5 Å². The largest absolute Gasteiger partial charge is 0.341 e. The van der Waals surface area contributed by atoms with Crippen molar-refractivity contribution in [3.8, 4) is 0 Å². The number of hydrogen-bond acceptors (Lipinski definition) is 3. The summed E-state index contributed by atoms with van der Waals surface area (Å²) in [5, 5.41) is 2.74. The Morgan fingerprint density at radius 3 is 2.56 bits per heavy atom. The second-order valence-electron chi connectivity index (χ2n) is 7.10. The van der Waals surface area contributed by atoms with Crippen molar-refractivity contribution in [1.29, 1.82) is 0 Å². The Bertz CT molecular complexity index is 672. The SMILES string of the molecule is CCCN(CC1CC1)C(=O)CN1C(=O)N[C@](C)(c2ccccc2)C1=O. The first-order valence-corrected chi connectivity index (χ1v) is 8.93. The van der Waals surface area contributed by atoms with Crippen molar-refractivity contribution >= 4 is 17.8 Å². The number of rotatable bonds is 7. The van der Waals surface area contributed by atoms with Gasteiger partial charge in [0.05, 0.1) is 0 Å². The first kappa shape index (κ1) is 17.5. The lowest BCUT2D eigenvalue weighted by atomic mass is 9.92. The molecule has 1 aliphatic carbocycles. The fraction of sp³-hybridized carbons (Fsp3) is 0.526. The highest BCUT2D eigenvalue weighted by Gasteiger charge is 2.49. The molecule has 6 nitrogen and oxygen atoms in total. The minimum Gasteiger partial charge on any atom is -0.341 e. The van der Waals surface area contributed by atoms with Crippen LogP contribution in [0.25, 0.3) is 0 Å². The maximum Gasteiger partial charge on any atom is 0.325 e. The minimum absolute atomic E-state index is 0.158. The number of carbonyl (C=O) groups is 3. The van der Waals surface area contributed by atoms with Crippen molar-refractivity contribution < 1.29 is 14.4 Å². The molecule has 1 aliphatic heterocycles. The number of benzene rings is 1. The van der Waals surface area contributed by atoms with E-state index in [0.29, 0.717) is 18.0 Å². The van der Waals surface area contributed by atoms with Gasteiger partial charge in [0.2, 0.25) is 5.91 Å². The van der Waals surface area contributed by atoms with E-state index in [1.165, 1.54) is 0 Å². The molecule has 0 radical (unpaired) electrons. The van der Waals surface area contributed by atoms with Gasteiger partial charge in [-0.05, 0) is 37.7 Å². The summed E-state index contributed by atoms with van der Waals surface area (Å²) in [6.45, 7) is 4.90. The van der Waals surface area contributed by atoms with Crippen LogP contribution >= 0.6 is 0 Å². The molecule has 2 fully saturated rings. The molecule has 1 heterocycles. The average Bonchev–Trinajstić information content (AvgIpc) is 3.39. The van der Waals surface area contributed by atoms with Gasteiger partial charge in [0, 0.05) is 13.1 Å². The molecule has 4 amide bonds. The molecule has 1 aromatic carbocycles. The zero-order valence-electron chi connectivity index (χ0n) is 14.8. The normalized spacial score (nSPS) is 22.9. The molecule has 25 heavy (non-hydrogen) atoms. The fourth-order valence-corrected chi connectivity index (χ4v) is 3.24. The molecular formula is C19H25N3O3. The van der Waals surface area contributed by atoms with Crippen LogP contribution in [0.4, 0.5) is 4.79 Å². The molecule has 1 N–H and O–H groups in total. The van der Waals surface area contributed by atoms with Crippen molar-refractivity contribution in [2.45, 2.75) is 38.6 Å². The van der Waals surface area contributed by atoms with Crippen LogP contribution in [0.1, 0.15) is 38.7 Å². The summed E-state index contributed by atoms with van der Waals surface area (Å²) in [7, 11) is 0. The highest BCUT2D eigenvalue weighted by Crippen LogP contribution is 2.31. The molecule has 0 spiro atoms. The Morgan fingerprint density at radius 2 is 1.96 bits per heavy atom. The van der Waals surface area contributed by atoms with Gasteiger partial charge >= 0.3 is 6.03 Å². The van der Waals surface area contributed by atoms with Gasteiger partial charge in [-0.25, -0.2) is 4.79 Å². The number of amides is 4. The molecule has 1 aromatic rings. The van der Waals surface area contributed by atoms with Crippen LogP contribution in [-0.4, -0.2) is 47.3 Å². The number of urea groups is 1. The predicted octanol–water partition coefficient (Wildman–Crippen LogP) is 2.10. The van der Waals surface area contributed by atoms with E-state index in [4.69, 9.17) is 0 Å². The summed E-state index contributed by atoms with van der Waals surface area (Å²) in [5.74, 6) is 0.0441. The zero-order valence-corrected chi connectivity index (χ0v) is 14.8. The first-order valence-electron chi connectivity index (χ1n) is 8.93. The number of nitrogens with one attached hydrogen (secondary N) is 1. The molecule has 0 unspecified atom stereocenters. The van der Waals surface area contributed by atoms with E-state index in [0.717, 1.165) is 30.7 Å². The summed E-state index contributed by atoms with van der Waals surface area (Å²) >= 11 is 0. The number of imide groups is 1. The van der Waals surface area contributed by atoms with E-state index < -0.39 is 11.6 Å². The van der Waals surface area contributed by atoms with Gasteiger partial charge in [0.1, 0.15) is 12.1 Å². The van der Waals surface area contributed by atoms with Gasteiger partial charge in [-0.15, -0.1) is 0 Å². The van der Waals surface area contributed by atoms with Crippen LogP contribution in [-0.2, 0) is 15.1 Å². The third kappa shape index (κ3) is 3.52. The van der Waals surface area contributed by atoms with E-state index >= 15 is 0 Å². The third-order valence-corrected chi connectivity index (χ3v) is 4.94. The Balaban J connectivity index is 1.72. The van der Waals surface area contributed by atoms with E-state index in [9.17, 15) is 14.4 Å². The Hall–Kier alpha value is -2.37. The lowest BCUT2D eigenvalue weighted by Gasteiger charge is -2.25. The van der Waals surface area contributed by atoms with Gasteiger partial charge in [-0.1, -0.05) is 37.3 Å². The van der Waals surface area contributed by atoms with Crippen LogP contribution < -0.4 is 5.32 Å². The molecular weight excluding hydrogens is 318 g/mol. The zero-order chi connectivity index (χ0) is 18.0. The van der Waals surface area contributed by atoms with Crippen LogP contribution in [0.2, 0.25) is 0 Å². The smallest absolute Gasteiger partial charge is 0.325 e. The topological polar surface area (TPSA) is 69.7 Å². The van der Waals surface area contributed by atoms with E-state index in [1.807, 2.05) is 25.1 Å². The molecule has 0 aromatic heterocycles. The molecule has 2 aliphatic rings. The Kier molecular flexibility index (Phi) is 4.79. The number of carbonyl (C=O) groups excluding carboxylic acids is 3. The molecule has 1 atom stereocenters. The number of nitrogens with zero attached hydrogens (tertiary/aromatic N) is 2. The lowest BCUT2D eigenvalue weighted by Crippen LogP contribution is -2.45. The Labute approximate surface area is 148 Å². The minimum atomic E-state index is -1.12. The molecule has 134 valence electrons. The monoisotopic (exact) mass is 343 g/mol. The van der Waals surface area contributed by atoms with E-state index in [-0.39, 0.29) is 18.4 Å². The van der Waals surface area contributed by atoms with Gasteiger partial charge in [-0.2, -0.15) is 0 Å². The van der Waals surface area contributed by atoms with Gasteiger partial charge < -0.3 is 10.2 Å². The summed E-state index contributed by atoms with van der Waals surface area (Å²) in [6, 6.07) is 8.61. The van der Waals surface area contributed by atoms with Crippen LogP contribution in [0.3, 0.4) is 0 Å². The average molecular weight is 343 g/mol. The molecule has 1 saturated heterocycles. The molecule has 3 rings (SSSR count). The van der Waals surface area contributed by atoms with Crippen molar-refractivity contribution in [1.82, 2.24) is 15.1 Å². The second kappa shape index (κ2) is 6.86. The quantitative estimate of drug-likeness (QED) is 0.771. The highest BCUT2D eigenvalue weighted by atomic mass is 16.2. The maximum atomic E-state index is 12.9. The fourth-order valence-electron chi connectivity index (χ4n) is 3.24. The lowest BCUT2D eigenvalue weighted by molar-refractivity contribution is -0.139. The van der Waals surface area contributed by atoms with Crippen LogP contribution in [0.15, 0.2) is 30.3 Å². The van der Waals surface area contributed by atoms with Gasteiger partial charge in [0.15, 0.2) is 0 Å². The second-order valence-corrected chi connectivity index (χ2v) is 7.10. The summed E-state index contributed by atoms with van der Waals surface area (Å²) in [6.07, 6.45) is 3.17. The third-order valence-electron chi connectivity index (χ3n) is 4.94. The van der Waals surface area contributed by atoms with Gasteiger partial charge in [0.25, 0.3) is 5.91 Å². The Morgan fingerprint density at radius 1 is 1.28 bits per heavy atom. The van der Waals surface area contributed by atoms with Crippen LogP contribution in [0, 0.1) is 5.92 Å². The molecule has 0 bridgehead atoms. The predicted molar refractivity (Wildman–Crippen MR) is 93.6 cm³/mol. The summed E-state index contributed by atoms with van der Waals surface area (Å²) in [4.78, 5) is 40.7. The van der Waals surface area contributed by atoms with E-state index in [1.54, 1.807) is 24.0 Å². The van der Waals surface area contributed by atoms with Crippen molar-refractivity contribution in [2.24, 2.45) is 5.92 Å². The van der Waals surface area contributed by atoms with Crippen LogP contribution in [0.5, 0.6) is 0 Å². The summed E-state index contributed by atoms with van der Waals surface area (Å²) in [5.41, 5.74) is -0.406. The van der Waals surface area contributed by atoms with Crippen molar-refractivity contribution in [2.75, 3.05) is 19.6 Å². The first-order chi connectivity index (χ1) is 12.0. The summed E-state index contributed by atoms with van der Waals surface area (Å²) < 4.78 is 0.